The Morgan fingerprint density at radius 1 is 0.808 bits per heavy atom. The van der Waals surface area contributed by atoms with Gasteiger partial charge in [0, 0.05) is 23.8 Å². The molecule has 0 aliphatic heterocycles. The molecule has 2 amide bonds. The van der Waals surface area contributed by atoms with E-state index in [0.717, 1.165) is 45.2 Å². The zero-order valence-electron chi connectivity index (χ0n) is 15.8. The molecule has 2 heterocycles. The van der Waals surface area contributed by atoms with Crippen molar-refractivity contribution >= 4 is 34.5 Å². The number of aryl methyl sites for hydroxylation is 2. The summed E-state index contributed by atoms with van der Waals surface area (Å²) in [5.41, 5.74) is 0. The third-order valence-corrected chi connectivity index (χ3v) is 7.21. The van der Waals surface area contributed by atoms with Gasteiger partial charge in [-0.1, -0.05) is 12.8 Å². The number of likely N-dealkylation sites (N-methyl/N-ethyl adjacent to an activating group) is 2. The van der Waals surface area contributed by atoms with Crippen molar-refractivity contribution in [3.05, 3.63) is 43.8 Å². The van der Waals surface area contributed by atoms with Crippen molar-refractivity contribution in [2.24, 2.45) is 0 Å². The first-order chi connectivity index (χ1) is 12.4. The summed E-state index contributed by atoms with van der Waals surface area (Å²) in [7, 11) is 3.77. The number of nitrogens with zero attached hydrogens (tertiary/aromatic N) is 2. The van der Waals surface area contributed by atoms with Crippen LogP contribution >= 0.6 is 22.7 Å². The van der Waals surface area contributed by atoms with Crippen molar-refractivity contribution in [3.63, 3.8) is 0 Å². The Morgan fingerprint density at radius 3 is 1.50 bits per heavy atom. The van der Waals surface area contributed by atoms with Crippen LogP contribution < -0.4 is 0 Å². The molecule has 3 rings (SSSR count). The highest BCUT2D eigenvalue weighted by molar-refractivity contribution is 7.14. The molecule has 140 valence electrons. The molecule has 0 spiro atoms. The molecule has 0 unspecified atom stereocenters. The van der Waals surface area contributed by atoms with E-state index in [1.807, 2.05) is 62.0 Å². The second-order valence-corrected chi connectivity index (χ2v) is 9.65. The van der Waals surface area contributed by atoms with Crippen LogP contribution in [0.15, 0.2) is 24.3 Å². The Balaban J connectivity index is 1.78. The molecule has 0 saturated heterocycles. The van der Waals surface area contributed by atoms with Crippen LogP contribution in [-0.2, 0) is 0 Å². The highest BCUT2D eigenvalue weighted by Gasteiger charge is 2.36. The number of carbonyl (C=O) groups is 2. The van der Waals surface area contributed by atoms with E-state index in [2.05, 4.69) is 0 Å². The maximum Gasteiger partial charge on any atom is 0.263 e. The van der Waals surface area contributed by atoms with Gasteiger partial charge in [0.05, 0.1) is 21.8 Å². The highest BCUT2D eigenvalue weighted by atomic mass is 32.1. The Bertz CT molecular complexity index is 729. The first-order valence-corrected chi connectivity index (χ1v) is 10.7. The van der Waals surface area contributed by atoms with Gasteiger partial charge < -0.3 is 9.80 Å². The molecule has 0 aromatic carbocycles. The summed E-state index contributed by atoms with van der Waals surface area (Å²) in [5.74, 6) is 0.126. The molecule has 1 saturated carbocycles. The predicted molar refractivity (Wildman–Crippen MR) is 108 cm³/mol. The number of thiophene rings is 2. The second kappa shape index (κ2) is 7.92. The average Bonchev–Trinajstić information content (AvgIpc) is 3.27. The van der Waals surface area contributed by atoms with Crippen molar-refractivity contribution in [2.75, 3.05) is 14.1 Å². The minimum Gasteiger partial charge on any atom is -0.336 e. The Kier molecular flexibility index (Phi) is 5.82. The predicted octanol–water partition coefficient (Wildman–Crippen LogP) is 4.58. The number of amides is 2. The largest absolute Gasteiger partial charge is 0.336 e. The molecular formula is C20H26N2O2S2. The van der Waals surface area contributed by atoms with Gasteiger partial charge in [-0.2, -0.15) is 0 Å². The second-order valence-electron chi connectivity index (χ2n) is 7.07. The van der Waals surface area contributed by atoms with E-state index < -0.39 is 0 Å². The van der Waals surface area contributed by atoms with Crippen LogP contribution in [0.25, 0.3) is 0 Å². The van der Waals surface area contributed by atoms with Gasteiger partial charge in [0.15, 0.2) is 0 Å². The molecule has 1 aliphatic rings. The van der Waals surface area contributed by atoms with Crippen molar-refractivity contribution in [1.29, 1.82) is 0 Å². The van der Waals surface area contributed by atoms with E-state index in [-0.39, 0.29) is 23.9 Å². The third-order valence-electron chi connectivity index (χ3n) is 5.23. The summed E-state index contributed by atoms with van der Waals surface area (Å²) < 4.78 is 0. The van der Waals surface area contributed by atoms with Gasteiger partial charge in [-0.3, -0.25) is 9.59 Å². The molecule has 1 fully saturated rings. The lowest BCUT2D eigenvalue weighted by molar-refractivity contribution is 0.0426. The Labute approximate surface area is 163 Å². The van der Waals surface area contributed by atoms with E-state index in [9.17, 15) is 9.59 Å². The molecular weight excluding hydrogens is 364 g/mol. The van der Waals surface area contributed by atoms with Crippen LogP contribution in [0, 0.1) is 13.8 Å². The van der Waals surface area contributed by atoms with Crippen molar-refractivity contribution in [3.8, 4) is 0 Å². The molecule has 1 aliphatic carbocycles. The smallest absolute Gasteiger partial charge is 0.263 e. The first-order valence-electron chi connectivity index (χ1n) is 9.05. The number of hydrogen-bond donors (Lipinski definition) is 0. The minimum absolute atomic E-state index is 0.0628. The summed E-state index contributed by atoms with van der Waals surface area (Å²) in [6, 6.07) is 7.90. The summed E-state index contributed by atoms with van der Waals surface area (Å²) in [5, 5.41) is 0. The standard InChI is InChI=1S/C20H26N2O2S2/c1-13-9-11-17(25-13)19(23)21(3)15-7-5-6-8-16(15)22(4)20(24)18-12-10-14(2)26-18/h9-12,15-16H,5-8H2,1-4H3/t15-,16-/m1/s1. The van der Waals surface area contributed by atoms with Crippen LogP contribution in [0.4, 0.5) is 0 Å². The fourth-order valence-corrected chi connectivity index (χ4v) is 5.44. The normalized spacial score (nSPS) is 20.0. The average molecular weight is 391 g/mol. The van der Waals surface area contributed by atoms with Crippen molar-refractivity contribution in [2.45, 2.75) is 51.6 Å². The first kappa shape index (κ1) is 19.1. The summed E-state index contributed by atoms with van der Waals surface area (Å²) in [6.45, 7) is 4.03. The maximum atomic E-state index is 12.9. The molecule has 2 atom stereocenters. The zero-order chi connectivity index (χ0) is 18.8. The lowest BCUT2D eigenvalue weighted by Gasteiger charge is -2.42. The highest BCUT2D eigenvalue weighted by Crippen LogP contribution is 2.29. The molecule has 0 N–H and O–H groups in total. The summed E-state index contributed by atoms with van der Waals surface area (Å²) in [6.07, 6.45) is 4.08. The summed E-state index contributed by atoms with van der Waals surface area (Å²) >= 11 is 3.07. The van der Waals surface area contributed by atoms with Crippen LogP contribution in [0.2, 0.25) is 0 Å². The third kappa shape index (κ3) is 3.86. The van der Waals surface area contributed by atoms with E-state index in [1.165, 1.54) is 22.7 Å². The van der Waals surface area contributed by atoms with E-state index in [1.54, 1.807) is 0 Å². The fraction of sp³-hybridized carbons (Fsp3) is 0.500. The van der Waals surface area contributed by atoms with Crippen molar-refractivity contribution in [1.82, 2.24) is 9.80 Å². The minimum atomic E-state index is 0.0628. The summed E-state index contributed by atoms with van der Waals surface area (Å²) in [4.78, 5) is 33.4. The molecule has 26 heavy (non-hydrogen) atoms. The van der Waals surface area contributed by atoms with Gasteiger partial charge >= 0.3 is 0 Å². The van der Waals surface area contributed by atoms with E-state index in [4.69, 9.17) is 0 Å². The lowest BCUT2D eigenvalue weighted by atomic mass is 9.88. The molecule has 6 heteroatoms. The van der Waals surface area contributed by atoms with Gasteiger partial charge in [-0.25, -0.2) is 0 Å². The number of rotatable bonds is 4. The van der Waals surface area contributed by atoms with Gasteiger partial charge in [0.2, 0.25) is 0 Å². The Hall–Kier alpha value is -1.66. The van der Waals surface area contributed by atoms with Crippen molar-refractivity contribution < 1.29 is 9.59 Å². The molecule has 2 aromatic rings. The SMILES string of the molecule is Cc1ccc(C(=O)N(C)[C@@H]2CCCC[C@H]2N(C)C(=O)c2ccc(C)s2)s1. The maximum absolute atomic E-state index is 12.9. The monoisotopic (exact) mass is 390 g/mol. The molecule has 4 nitrogen and oxygen atoms in total. The van der Waals surface area contributed by atoms with Gasteiger partial charge in [0.25, 0.3) is 11.8 Å². The van der Waals surface area contributed by atoms with Crippen LogP contribution in [-0.4, -0.2) is 47.8 Å². The number of carbonyl (C=O) groups excluding carboxylic acids is 2. The molecule has 2 aromatic heterocycles. The van der Waals surface area contributed by atoms with E-state index in [0.29, 0.717) is 0 Å². The quantitative estimate of drug-likeness (QED) is 0.766. The Morgan fingerprint density at radius 2 is 1.19 bits per heavy atom. The number of hydrogen-bond acceptors (Lipinski definition) is 4. The van der Waals surface area contributed by atoms with Gasteiger partial charge in [-0.15, -0.1) is 22.7 Å². The zero-order valence-corrected chi connectivity index (χ0v) is 17.5. The fourth-order valence-electron chi connectivity index (χ4n) is 3.74. The van der Waals surface area contributed by atoms with Crippen LogP contribution in [0.1, 0.15) is 54.8 Å². The van der Waals surface area contributed by atoms with Crippen LogP contribution in [0.5, 0.6) is 0 Å². The van der Waals surface area contributed by atoms with Crippen LogP contribution in [0.3, 0.4) is 0 Å². The van der Waals surface area contributed by atoms with Gasteiger partial charge in [-0.05, 0) is 51.0 Å². The van der Waals surface area contributed by atoms with E-state index >= 15 is 0 Å². The van der Waals surface area contributed by atoms with Gasteiger partial charge in [0.1, 0.15) is 0 Å². The molecule has 0 bridgehead atoms. The molecule has 0 radical (unpaired) electrons. The lowest BCUT2D eigenvalue weighted by Crippen LogP contribution is -2.54. The topological polar surface area (TPSA) is 40.6 Å².